The van der Waals surface area contributed by atoms with Crippen LogP contribution < -0.4 is 10.6 Å². The van der Waals surface area contributed by atoms with Gasteiger partial charge in [-0.1, -0.05) is 66.4 Å². The van der Waals surface area contributed by atoms with Crippen molar-refractivity contribution in [3.63, 3.8) is 0 Å². The molecule has 9 heteroatoms. The first kappa shape index (κ1) is 24.6. The Balaban J connectivity index is 1.40. The van der Waals surface area contributed by atoms with Gasteiger partial charge < -0.3 is 10.6 Å². The van der Waals surface area contributed by atoms with Gasteiger partial charge in [0.2, 0.25) is 6.04 Å². The molecule has 0 spiro atoms. The highest BCUT2D eigenvalue weighted by Crippen LogP contribution is 2.36. The van der Waals surface area contributed by atoms with Gasteiger partial charge in [-0.25, -0.2) is 9.97 Å². The summed E-state index contributed by atoms with van der Waals surface area (Å²) >= 11 is 1.45. The van der Waals surface area contributed by atoms with E-state index < -0.39 is 12.1 Å². The highest BCUT2D eigenvalue weighted by molar-refractivity contribution is 7.99. The molecule has 4 aromatic rings. The van der Waals surface area contributed by atoms with Crippen LogP contribution in [0, 0.1) is 10.1 Å². The lowest BCUT2D eigenvalue weighted by molar-refractivity contribution is -0.529. The fraction of sp³-hybridized carbons (Fsp3) is 0.179. The number of hydrogen-bond donors (Lipinski definition) is 2. The van der Waals surface area contributed by atoms with E-state index in [4.69, 9.17) is 4.98 Å². The van der Waals surface area contributed by atoms with Gasteiger partial charge in [-0.05, 0) is 48.9 Å². The minimum absolute atomic E-state index is 0.197. The van der Waals surface area contributed by atoms with Gasteiger partial charge in [-0.3, -0.25) is 14.9 Å². The molecule has 186 valence electrons. The van der Waals surface area contributed by atoms with Crippen molar-refractivity contribution in [3.05, 3.63) is 112 Å². The van der Waals surface area contributed by atoms with E-state index in [9.17, 15) is 14.9 Å². The maximum absolute atomic E-state index is 12.2. The van der Waals surface area contributed by atoms with Crippen LogP contribution in [0.15, 0.2) is 96.2 Å². The molecular weight excluding hydrogens is 486 g/mol. The third-order valence-corrected chi connectivity index (χ3v) is 7.61. The number of nitrogens with zero attached hydrogens (tertiary/aromatic N) is 3. The van der Waals surface area contributed by atoms with Gasteiger partial charge in [0.05, 0.1) is 16.0 Å². The number of pyridine rings is 2. The number of thioether (sulfide) groups is 1. The third-order valence-electron chi connectivity index (χ3n) is 6.31. The fourth-order valence-electron chi connectivity index (χ4n) is 4.54. The quantitative estimate of drug-likeness (QED) is 0.180. The Morgan fingerprint density at radius 3 is 2.57 bits per heavy atom. The number of nitro groups is 1. The highest BCUT2D eigenvalue weighted by atomic mass is 32.2. The highest BCUT2D eigenvalue weighted by Gasteiger charge is 2.44. The summed E-state index contributed by atoms with van der Waals surface area (Å²) in [5, 5.41) is 19.5. The van der Waals surface area contributed by atoms with Crippen molar-refractivity contribution >= 4 is 29.6 Å². The molecule has 3 atom stereocenters. The normalized spacial score (nSPS) is 19.2. The van der Waals surface area contributed by atoms with Gasteiger partial charge in [0.15, 0.2) is 0 Å². The molecule has 2 N–H and O–H groups in total. The van der Waals surface area contributed by atoms with Crippen molar-refractivity contribution in [1.29, 1.82) is 0 Å². The molecule has 5 rings (SSSR count). The van der Waals surface area contributed by atoms with E-state index in [1.807, 2.05) is 72.8 Å². The molecule has 0 saturated carbocycles. The van der Waals surface area contributed by atoms with Gasteiger partial charge >= 0.3 is 0 Å². The maximum atomic E-state index is 12.2. The number of rotatable bonds is 8. The molecule has 0 aliphatic carbocycles. The molecular formula is C28H25N5O3S. The SMILES string of the molecule is O=Cc1ccc(-c2ccccc2Nc2cccc(C3NCCC(Sc4ccccn4)C3[N+](=O)[O-])n2)cc1. The smallest absolute Gasteiger partial charge is 0.245 e. The predicted octanol–water partition coefficient (Wildman–Crippen LogP) is 5.54. The molecule has 2 aromatic heterocycles. The van der Waals surface area contributed by atoms with E-state index >= 15 is 0 Å². The molecule has 1 fully saturated rings. The minimum Gasteiger partial charge on any atom is -0.340 e. The van der Waals surface area contributed by atoms with Crippen LogP contribution in [0.2, 0.25) is 0 Å². The summed E-state index contributed by atoms with van der Waals surface area (Å²) in [6, 6.07) is 25.0. The number of aromatic nitrogens is 2. The second-order valence-electron chi connectivity index (χ2n) is 8.68. The summed E-state index contributed by atoms with van der Waals surface area (Å²) < 4.78 is 0. The van der Waals surface area contributed by atoms with Gasteiger partial charge in [0.25, 0.3) is 0 Å². The number of aldehydes is 1. The van der Waals surface area contributed by atoms with E-state index in [0.29, 0.717) is 30.0 Å². The monoisotopic (exact) mass is 511 g/mol. The van der Waals surface area contributed by atoms with Crippen LogP contribution in [0.3, 0.4) is 0 Å². The van der Waals surface area contributed by atoms with Crippen molar-refractivity contribution in [2.75, 3.05) is 11.9 Å². The zero-order valence-corrected chi connectivity index (χ0v) is 20.7. The van der Waals surface area contributed by atoms with Gasteiger partial charge in [0.1, 0.15) is 18.1 Å². The molecule has 0 amide bonds. The van der Waals surface area contributed by atoms with Crippen LogP contribution in [0.1, 0.15) is 28.5 Å². The molecule has 8 nitrogen and oxygen atoms in total. The number of anilines is 2. The Kier molecular flexibility index (Phi) is 7.53. The minimum atomic E-state index is -0.855. The molecule has 1 aliphatic rings. The number of benzene rings is 2. The van der Waals surface area contributed by atoms with Crippen molar-refractivity contribution in [2.45, 2.75) is 28.8 Å². The topological polar surface area (TPSA) is 110 Å². The van der Waals surface area contributed by atoms with E-state index in [1.165, 1.54) is 11.8 Å². The number of nitrogens with one attached hydrogen (secondary N) is 2. The van der Waals surface area contributed by atoms with Crippen LogP contribution in [-0.4, -0.2) is 39.0 Å². The van der Waals surface area contributed by atoms with Crippen LogP contribution in [0.5, 0.6) is 0 Å². The molecule has 0 radical (unpaired) electrons. The number of carbonyl (C=O) groups is 1. The Labute approximate surface area is 218 Å². The zero-order valence-electron chi connectivity index (χ0n) is 19.9. The van der Waals surface area contributed by atoms with Crippen molar-refractivity contribution in [2.24, 2.45) is 0 Å². The lowest BCUT2D eigenvalue weighted by Gasteiger charge is -2.32. The number of carbonyl (C=O) groups excluding carboxylic acids is 1. The van der Waals surface area contributed by atoms with Crippen molar-refractivity contribution in [3.8, 4) is 11.1 Å². The Morgan fingerprint density at radius 1 is 1.00 bits per heavy atom. The van der Waals surface area contributed by atoms with Crippen LogP contribution in [0.4, 0.5) is 11.5 Å². The molecule has 1 saturated heterocycles. The summed E-state index contributed by atoms with van der Waals surface area (Å²) in [5.74, 6) is 0.595. The molecule has 1 aliphatic heterocycles. The number of hydrogen-bond acceptors (Lipinski definition) is 8. The second kappa shape index (κ2) is 11.3. The Bertz CT molecular complexity index is 1380. The molecule has 2 aromatic carbocycles. The fourth-order valence-corrected chi connectivity index (χ4v) is 5.76. The first-order chi connectivity index (χ1) is 18.1. The van der Waals surface area contributed by atoms with E-state index in [2.05, 4.69) is 15.6 Å². The molecule has 37 heavy (non-hydrogen) atoms. The summed E-state index contributed by atoms with van der Waals surface area (Å²) in [6.45, 7) is 0.651. The van der Waals surface area contributed by atoms with Crippen LogP contribution in [-0.2, 0) is 0 Å². The molecule has 0 bridgehead atoms. The van der Waals surface area contributed by atoms with E-state index in [-0.39, 0.29) is 10.2 Å². The van der Waals surface area contributed by atoms with E-state index in [0.717, 1.165) is 28.1 Å². The lowest BCUT2D eigenvalue weighted by Crippen LogP contribution is -2.49. The summed E-state index contributed by atoms with van der Waals surface area (Å²) in [6.07, 6.45) is 3.19. The van der Waals surface area contributed by atoms with Gasteiger partial charge in [-0.15, -0.1) is 0 Å². The van der Waals surface area contributed by atoms with Crippen LogP contribution in [0.25, 0.3) is 11.1 Å². The van der Waals surface area contributed by atoms with Crippen LogP contribution >= 0.6 is 11.8 Å². The number of para-hydroxylation sites is 1. The maximum Gasteiger partial charge on any atom is 0.245 e. The molecule has 3 heterocycles. The first-order valence-electron chi connectivity index (χ1n) is 12.0. The summed E-state index contributed by atoms with van der Waals surface area (Å²) in [7, 11) is 0. The largest absolute Gasteiger partial charge is 0.340 e. The average molecular weight is 512 g/mol. The van der Waals surface area contributed by atoms with Crippen molar-refractivity contribution < 1.29 is 9.72 Å². The van der Waals surface area contributed by atoms with Crippen molar-refractivity contribution in [1.82, 2.24) is 15.3 Å². The Morgan fingerprint density at radius 2 is 1.81 bits per heavy atom. The first-order valence-corrected chi connectivity index (χ1v) is 12.8. The number of piperidine rings is 1. The lowest BCUT2D eigenvalue weighted by atomic mass is 9.95. The summed E-state index contributed by atoms with van der Waals surface area (Å²) in [5.41, 5.74) is 3.99. The standard InChI is InChI=1S/C28H25N5O3S/c34-18-19-11-13-20(14-12-19)21-6-1-2-7-22(21)31-25-9-5-8-23(32-25)27-28(33(35)36)24(15-17-30-27)37-26-10-3-4-16-29-26/h1-14,16,18,24,27-28,30H,15,17H2,(H,31,32). The summed E-state index contributed by atoms with van der Waals surface area (Å²) in [4.78, 5) is 32.2. The average Bonchev–Trinajstić information content (AvgIpc) is 2.94. The Hall–Kier alpha value is -4.08. The van der Waals surface area contributed by atoms with Gasteiger partial charge in [-0.2, -0.15) is 0 Å². The molecule has 3 unspecified atom stereocenters. The zero-order chi connectivity index (χ0) is 25.6. The third kappa shape index (κ3) is 5.68. The van der Waals surface area contributed by atoms with E-state index in [1.54, 1.807) is 18.3 Å². The van der Waals surface area contributed by atoms with Gasteiger partial charge in [0, 0.05) is 27.9 Å². The predicted molar refractivity (Wildman–Crippen MR) is 145 cm³/mol. The second-order valence-corrected chi connectivity index (χ2v) is 9.94.